The van der Waals surface area contributed by atoms with E-state index in [0.29, 0.717) is 11.4 Å². The molecule has 1 N–H and O–H groups in total. The van der Waals surface area contributed by atoms with Gasteiger partial charge in [-0.25, -0.2) is 0 Å². The molecule has 108 valence electrons. The van der Waals surface area contributed by atoms with Crippen LogP contribution in [0.5, 0.6) is 11.5 Å². The lowest BCUT2D eigenvalue weighted by molar-refractivity contribution is 0.340. The zero-order valence-electron chi connectivity index (χ0n) is 11.9. The van der Waals surface area contributed by atoms with Gasteiger partial charge < -0.3 is 14.5 Å². The van der Waals surface area contributed by atoms with Gasteiger partial charge in [-0.15, -0.1) is 0 Å². The third-order valence-corrected chi connectivity index (χ3v) is 3.59. The van der Waals surface area contributed by atoms with Crippen LogP contribution in [-0.4, -0.2) is 23.3 Å². The molecule has 0 saturated heterocycles. The topological polar surface area (TPSA) is 39.2 Å². The van der Waals surface area contributed by atoms with Gasteiger partial charge >= 0.3 is 0 Å². The fourth-order valence-electron chi connectivity index (χ4n) is 2.39. The molecule has 2 aromatic carbocycles. The molecule has 0 bridgehead atoms. The van der Waals surface area contributed by atoms with Gasteiger partial charge in [0.25, 0.3) is 0 Å². The van der Waals surface area contributed by atoms with Gasteiger partial charge in [0.05, 0.1) is 19.2 Å². The Labute approximate surface area is 127 Å². The Hall–Kier alpha value is -2.27. The Morgan fingerprint density at radius 2 is 1.90 bits per heavy atom. The molecule has 0 radical (unpaired) electrons. The maximum absolute atomic E-state index is 5.47. The van der Waals surface area contributed by atoms with Gasteiger partial charge in [-0.3, -0.25) is 4.57 Å². The first-order valence-corrected chi connectivity index (χ1v) is 7.16. The van der Waals surface area contributed by atoms with Crippen molar-refractivity contribution in [1.29, 1.82) is 0 Å². The molecule has 5 heteroatoms. The number of aromatic amines is 1. The smallest absolute Gasteiger partial charge is 0.182 e. The molecule has 0 unspecified atom stereocenters. The highest BCUT2D eigenvalue weighted by Gasteiger charge is 2.10. The first-order valence-electron chi connectivity index (χ1n) is 6.75. The predicted molar refractivity (Wildman–Crippen MR) is 86.2 cm³/mol. The van der Waals surface area contributed by atoms with Crippen molar-refractivity contribution in [2.75, 3.05) is 13.7 Å². The number of nitrogens with one attached hydrogen (secondary N) is 1. The summed E-state index contributed by atoms with van der Waals surface area (Å²) in [5, 5.41) is 0. The van der Waals surface area contributed by atoms with Crippen molar-refractivity contribution < 1.29 is 9.47 Å². The quantitative estimate of drug-likeness (QED) is 0.737. The van der Waals surface area contributed by atoms with Crippen LogP contribution in [-0.2, 0) is 0 Å². The number of H-pyrrole nitrogens is 1. The van der Waals surface area contributed by atoms with Gasteiger partial charge in [-0.1, -0.05) is 6.07 Å². The SMILES string of the molecule is CCOc1ccc(-n2c(=S)[nH]c3c(OC)cccc32)cc1. The van der Waals surface area contributed by atoms with E-state index in [1.165, 1.54) is 0 Å². The van der Waals surface area contributed by atoms with E-state index in [1.807, 2.05) is 54.0 Å². The molecule has 1 aromatic heterocycles. The average molecular weight is 300 g/mol. The molecule has 0 saturated carbocycles. The molecule has 0 spiro atoms. The molecule has 1 heterocycles. The number of para-hydroxylation sites is 1. The number of fused-ring (bicyclic) bond motifs is 1. The number of aromatic nitrogens is 2. The van der Waals surface area contributed by atoms with Gasteiger partial charge in [-0.2, -0.15) is 0 Å². The van der Waals surface area contributed by atoms with Crippen LogP contribution in [0.2, 0.25) is 0 Å². The van der Waals surface area contributed by atoms with E-state index < -0.39 is 0 Å². The summed E-state index contributed by atoms with van der Waals surface area (Å²) in [6.07, 6.45) is 0. The number of imidazole rings is 1. The Morgan fingerprint density at radius 1 is 1.14 bits per heavy atom. The number of nitrogens with zero attached hydrogens (tertiary/aromatic N) is 1. The van der Waals surface area contributed by atoms with Crippen LogP contribution in [0.1, 0.15) is 6.92 Å². The molecule has 3 aromatic rings. The van der Waals surface area contributed by atoms with Crippen molar-refractivity contribution in [2.45, 2.75) is 6.92 Å². The Balaban J connectivity index is 2.16. The van der Waals surface area contributed by atoms with Crippen LogP contribution in [0.3, 0.4) is 0 Å². The van der Waals surface area contributed by atoms with Crippen LogP contribution in [0, 0.1) is 4.77 Å². The van der Waals surface area contributed by atoms with Crippen LogP contribution >= 0.6 is 12.2 Å². The largest absolute Gasteiger partial charge is 0.494 e. The van der Waals surface area contributed by atoms with Crippen molar-refractivity contribution in [2.24, 2.45) is 0 Å². The number of hydrogen-bond donors (Lipinski definition) is 1. The van der Waals surface area contributed by atoms with Gasteiger partial charge in [0.1, 0.15) is 17.0 Å². The highest BCUT2D eigenvalue weighted by Crippen LogP contribution is 2.27. The van der Waals surface area contributed by atoms with Crippen LogP contribution in [0.15, 0.2) is 42.5 Å². The third kappa shape index (κ3) is 2.40. The number of ether oxygens (including phenoxy) is 2. The molecule has 0 fully saturated rings. The minimum Gasteiger partial charge on any atom is -0.494 e. The monoisotopic (exact) mass is 300 g/mol. The maximum atomic E-state index is 5.47. The number of rotatable bonds is 4. The Bertz CT molecular complexity index is 818. The summed E-state index contributed by atoms with van der Waals surface area (Å²) in [6.45, 7) is 2.62. The predicted octanol–water partition coefficient (Wildman–Crippen LogP) is 4.10. The van der Waals surface area contributed by atoms with Crippen LogP contribution in [0.4, 0.5) is 0 Å². The number of hydrogen-bond acceptors (Lipinski definition) is 3. The second kappa shape index (κ2) is 5.61. The summed E-state index contributed by atoms with van der Waals surface area (Å²) in [5.41, 5.74) is 2.88. The van der Waals surface area contributed by atoms with Gasteiger partial charge in [-0.05, 0) is 55.5 Å². The van der Waals surface area contributed by atoms with E-state index in [1.54, 1.807) is 7.11 Å². The first kappa shape index (κ1) is 13.7. The molecule has 0 atom stereocenters. The normalized spacial score (nSPS) is 10.8. The van der Waals surface area contributed by atoms with Crippen molar-refractivity contribution in [3.05, 3.63) is 47.2 Å². The fraction of sp³-hybridized carbons (Fsp3) is 0.188. The van der Waals surface area contributed by atoms with Gasteiger partial charge in [0.15, 0.2) is 4.77 Å². The average Bonchev–Trinajstić information content (AvgIpc) is 2.84. The zero-order chi connectivity index (χ0) is 14.8. The molecule has 0 aliphatic heterocycles. The molecule has 0 amide bonds. The highest BCUT2D eigenvalue weighted by atomic mass is 32.1. The minimum atomic E-state index is 0.638. The lowest BCUT2D eigenvalue weighted by Gasteiger charge is -2.07. The summed E-state index contributed by atoms with van der Waals surface area (Å²) in [6, 6.07) is 13.8. The molecule has 0 aliphatic rings. The van der Waals surface area contributed by atoms with Crippen molar-refractivity contribution in [1.82, 2.24) is 9.55 Å². The second-order valence-electron chi connectivity index (χ2n) is 4.55. The van der Waals surface area contributed by atoms with Crippen molar-refractivity contribution >= 4 is 23.3 Å². The first-order chi connectivity index (χ1) is 10.2. The van der Waals surface area contributed by atoms with Crippen LogP contribution in [0.25, 0.3) is 16.7 Å². The lowest BCUT2D eigenvalue weighted by Crippen LogP contribution is -1.95. The van der Waals surface area contributed by atoms with Crippen molar-refractivity contribution in [3.63, 3.8) is 0 Å². The second-order valence-corrected chi connectivity index (χ2v) is 4.93. The van der Waals surface area contributed by atoms with E-state index in [2.05, 4.69) is 4.98 Å². The molecule has 0 aliphatic carbocycles. The van der Waals surface area contributed by atoms with Gasteiger partial charge in [0.2, 0.25) is 0 Å². The lowest BCUT2D eigenvalue weighted by atomic mass is 10.2. The van der Waals surface area contributed by atoms with Crippen molar-refractivity contribution in [3.8, 4) is 17.2 Å². The summed E-state index contributed by atoms with van der Waals surface area (Å²) >= 11 is 5.45. The Morgan fingerprint density at radius 3 is 2.57 bits per heavy atom. The van der Waals surface area contributed by atoms with E-state index in [9.17, 15) is 0 Å². The van der Waals surface area contributed by atoms with E-state index in [-0.39, 0.29) is 0 Å². The summed E-state index contributed by atoms with van der Waals surface area (Å²) in [4.78, 5) is 3.21. The molecular weight excluding hydrogens is 284 g/mol. The number of methoxy groups -OCH3 is 1. The number of benzene rings is 2. The maximum Gasteiger partial charge on any atom is 0.182 e. The molecular formula is C16H16N2O2S. The summed E-state index contributed by atoms with van der Waals surface area (Å²) in [5.74, 6) is 1.63. The summed E-state index contributed by atoms with van der Waals surface area (Å²) < 4.78 is 13.5. The highest BCUT2D eigenvalue weighted by molar-refractivity contribution is 7.71. The zero-order valence-corrected chi connectivity index (χ0v) is 12.7. The standard InChI is InChI=1S/C16H16N2O2S/c1-3-20-12-9-7-11(8-10-12)18-13-5-4-6-14(19-2)15(13)17-16(18)21/h4-10H,3H2,1-2H3,(H,17,21). The third-order valence-electron chi connectivity index (χ3n) is 3.31. The molecule has 3 rings (SSSR count). The minimum absolute atomic E-state index is 0.638. The Kier molecular flexibility index (Phi) is 3.66. The van der Waals surface area contributed by atoms with E-state index in [0.717, 1.165) is 28.2 Å². The molecule has 4 nitrogen and oxygen atoms in total. The molecule has 21 heavy (non-hydrogen) atoms. The van der Waals surface area contributed by atoms with Gasteiger partial charge in [0, 0.05) is 5.69 Å². The van der Waals surface area contributed by atoms with Crippen LogP contribution < -0.4 is 9.47 Å². The summed E-state index contributed by atoms with van der Waals surface area (Å²) in [7, 11) is 1.65. The van der Waals surface area contributed by atoms with E-state index >= 15 is 0 Å². The van der Waals surface area contributed by atoms with E-state index in [4.69, 9.17) is 21.7 Å². The fourth-order valence-corrected chi connectivity index (χ4v) is 2.69.